The number of carbonyl (C=O) groups is 1. The summed E-state index contributed by atoms with van der Waals surface area (Å²) in [6, 6.07) is 20.9. The normalized spacial score (nSPS) is 13.9. The van der Waals surface area contributed by atoms with E-state index in [0.717, 1.165) is 33.2 Å². The average Bonchev–Trinajstić information content (AvgIpc) is 3.36. The number of hydrogen-bond acceptors (Lipinski definition) is 4. The summed E-state index contributed by atoms with van der Waals surface area (Å²) in [7, 11) is -3.50. The lowest BCUT2D eigenvalue weighted by Crippen LogP contribution is -2.27. The van der Waals surface area contributed by atoms with E-state index in [1.165, 1.54) is 11.2 Å². The van der Waals surface area contributed by atoms with Crippen LogP contribution in [0.15, 0.2) is 66.7 Å². The van der Waals surface area contributed by atoms with Crippen molar-refractivity contribution in [1.29, 1.82) is 0 Å². The van der Waals surface area contributed by atoms with Gasteiger partial charge in [-0.2, -0.15) is 9.40 Å². The number of amides is 1. The fourth-order valence-electron chi connectivity index (χ4n) is 4.19. The first kappa shape index (κ1) is 20.4. The van der Waals surface area contributed by atoms with E-state index >= 15 is 0 Å². The molecular formula is C24H22N4O3S. The number of carbonyl (C=O) groups excluding carboxylic acids is 1. The molecule has 162 valence electrons. The molecule has 0 fully saturated rings. The maximum Gasteiger partial charge on any atom is 0.221 e. The number of fused-ring (bicyclic) bond motifs is 2. The molecule has 0 spiro atoms. The summed E-state index contributed by atoms with van der Waals surface area (Å²) in [6.45, 7) is 1.96. The minimum atomic E-state index is -3.50. The molecule has 2 N–H and O–H groups in total. The lowest BCUT2D eigenvalue weighted by atomic mass is 9.99. The number of nitrogens with one attached hydrogen (secondary N) is 2. The quantitative estimate of drug-likeness (QED) is 0.484. The molecule has 0 unspecified atom stereocenters. The molecule has 2 heterocycles. The number of aromatic amines is 1. The molecule has 0 saturated heterocycles. The van der Waals surface area contributed by atoms with Gasteiger partial charge in [-0.15, -0.1) is 0 Å². The molecule has 1 amide bonds. The highest BCUT2D eigenvalue weighted by molar-refractivity contribution is 7.88. The van der Waals surface area contributed by atoms with Crippen LogP contribution in [-0.4, -0.2) is 28.8 Å². The van der Waals surface area contributed by atoms with Crippen LogP contribution < -0.4 is 5.32 Å². The molecule has 5 rings (SSSR count). The second-order valence-corrected chi connectivity index (χ2v) is 9.90. The Bertz CT molecular complexity index is 1430. The summed E-state index contributed by atoms with van der Waals surface area (Å²) in [5, 5.41) is 12.3. The van der Waals surface area contributed by atoms with Crippen LogP contribution in [0.3, 0.4) is 0 Å². The number of anilines is 1. The number of aromatic nitrogens is 2. The highest BCUT2D eigenvalue weighted by Gasteiger charge is 2.33. The smallest absolute Gasteiger partial charge is 0.221 e. The molecule has 0 aliphatic carbocycles. The maximum absolute atomic E-state index is 13.0. The van der Waals surface area contributed by atoms with Crippen molar-refractivity contribution in [3.8, 4) is 11.3 Å². The minimum absolute atomic E-state index is 0.0476. The van der Waals surface area contributed by atoms with Crippen LogP contribution >= 0.6 is 0 Å². The van der Waals surface area contributed by atoms with Gasteiger partial charge in [-0.25, -0.2) is 8.42 Å². The molecule has 0 atom stereocenters. The number of benzene rings is 3. The molecule has 7 nitrogen and oxygen atoms in total. The van der Waals surface area contributed by atoms with Gasteiger partial charge in [-0.3, -0.25) is 9.89 Å². The van der Waals surface area contributed by atoms with Crippen molar-refractivity contribution in [2.75, 3.05) is 5.32 Å². The first-order chi connectivity index (χ1) is 15.4. The Morgan fingerprint density at radius 3 is 2.56 bits per heavy atom. The van der Waals surface area contributed by atoms with Gasteiger partial charge in [0, 0.05) is 30.0 Å². The number of rotatable bonds is 5. The first-order valence-corrected chi connectivity index (χ1v) is 11.9. The van der Waals surface area contributed by atoms with Gasteiger partial charge in [-0.1, -0.05) is 60.7 Å². The Morgan fingerprint density at radius 2 is 1.78 bits per heavy atom. The van der Waals surface area contributed by atoms with Crippen LogP contribution in [0.25, 0.3) is 22.0 Å². The highest BCUT2D eigenvalue weighted by atomic mass is 32.2. The Kier molecular flexibility index (Phi) is 5.03. The predicted octanol–water partition coefficient (Wildman–Crippen LogP) is 4.03. The van der Waals surface area contributed by atoms with E-state index < -0.39 is 10.0 Å². The average molecular weight is 447 g/mol. The van der Waals surface area contributed by atoms with Crippen LogP contribution in [-0.2, 0) is 33.7 Å². The second kappa shape index (κ2) is 7.89. The van der Waals surface area contributed by atoms with E-state index in [-0.39, 0.29) is 24.7 Å². The molecule has 1 aliphatic heterocycles. The minimum Gasteiger partial charge on any atom is -0.325 e. The predicted molar refractivity (Wildman–Crippen MR) is 124 cm³/mol. The van der Waals surface area contributed by atoms with Gasteiger partial charge in [0.05, 0.1) is 29.4 Å². The van der Waals surface area contributed by atoms with E-state index in [0.29, 0.717) is 11.4 Å². The molecule has 32 heavy (non-hydrogen) atoms. The van der Waals surface area contributed by atoms with Crippen molar-refractivity contribution in [3.63, 3.8) is 0 Å². The van der Waals surface area contributed by atoms with Gasteiger partial charge >= 0.3 is 0 Å². The molecule has 0 saturated carbocycles. The molecule has 4 aromatic rings. The second-order valence-electron chi connectivity index (χ2n) is 7.93. The fraction of sp³-hybridized carbons (Fsp3) is 0.167. The largest absolute Gasteiger partial charge is 0.325 e. The van der Waals surface area contributed by atoms with E-state index in [1.54, 1.807) is 0 Å². The van der Waals surface area contributed by atoms with Crippen molar-refractivity contribution < 1.29 is 13.2 Å². The SMILES string of the molecule is CC(=O)Nc1c(-c2n[nH]c3c2CN(S(=O)(=O)Cc2ccccc2)C3)ccc2ccccc12. The number of H-pyrrole nitrogens is 1. The van der Waals surface area contributed by atoms with Crippen LogP contribution in [0.4, 0.5) is 5.69 Å². The highest BCUT2D eigenvalue weighted by Crippen LogP contribution is 2.39. The first-order valence-electron chi connectivity index (χ1n) is 10.3. The third kappa shape index (κ3) is 3.68. The summed E-state index contributed by atoms with van der Waals surface area (Å²) in [5.74, 6) is -0.226. The summed E-state index contributed by atoms with van der Waals surface area (Å²) in [6.07, 6.45) is 0. The number of sulfonamides is 1. The summed E-state index contributed by atoms with van der Waals surface area (Å²) < 4.78 is 27.6. The Balaban J connectivity index is 1.52. The van der Waals surface area contributed by atoms with Gasteiger partial charge in [0.15, 0.2) is 0 Å². The monoisotopic (exact) mass is 446 g/mol. The van der Waals surface area contributed by atoms with Gasteiger partial charge < -0.3 is 5.32 Å². The molecule has 8 heteroatoms. The van der Waals surface area contributed by atoms with Gasteiger partial charge in [0.1, 0.15) is 0 Å². The van der Waals surface area contributed by atoms with Crippen molar-refractivity contribution in [2.24, 2.45) is 0 Å². The fourth-order valence-corrected chi connectivity index (χ4v) is 5.63. The molecule has 1 aromatic heterocycles. The van der Waals surface area contributed by atoms with E-state index in [4.69, 9.17) is 0 Å². The van der Waals surface area contributed by atoms with Gasteiger partial charge in [-0.05, 0) is 17.0 Å². The van der Waals surface area contributed by atoms with Gasteiger partial charge in [0.25, 0.3) is 0 Å². The van der Waals surface area contributed by atoms with E-state index in [1.807, 2.05) is 66.7 Å². The van der Waals surface area contributed by atoms with Crippen molar-refractivity contribution in [3.05, 3.63) is 83.6 Å². The summed E-state index contributed by atoms with van der Waals surface area (Å²) in [4.78, 5) is 11.9. The Morgan fingerprint density at radius 1 is 1.03 bits per heavy atom. The van der Waals surface area contributed by atoms with Crippen molar-refractivity contribution in [1.82, 2.24) is 14.5 Å². The van der Waals surface area contributed by atoms with E-state index in [9.17, 15) is 13.2 Å². The third-order valence-electron chi connectivity index (χ3n) is 5.69. The number of hydrogen-bond donors (Lipinski definition) is 2. The topological polar surface area (TPSA) is 95.2 Å². The van der Waals surface area contributed by atoms with Crippen LogP contribution in [0, 0.1) is 0 Å². The molecule has 3 aromatic carbocycles. The van der Waals surface area contributed by atoms with Crippen LogP contribution in [0.1, 0.15) is 23.7 Å². The third-order valence-corrected chi connectivity index (χ3v) is 7.44. The lowest BCUT2D eigenvalue weighted by molar-refractivity contribution is -0.114. The van der Waals surface area contributed by atoms with Crippen LogP contribution in [0.2, 0.25) is 0 Å². The van der Waals surface area contributed by atoms with Gasteiger partial charge in [0.2, 0.25) is 15.9 Å². The van der Waals surface area contributed by atoms with Crippen molar-refractivity contribution in [2.45, 2.75) is 25.8 Å². The van der Waals surface area contributed by atoms with E-state index in [2.05, 4.69) is 15.5 Å². The Labute approximate surface area is 186 Å². The molecule has 0 bridgehead atoms. The summed E-state index contributed by atoms with van der Waals surface area (Å²) >= 11 is 0. The molecule has 0 radical (unpaired) electrons. The zero-order valence-corrected chi connectivity index (χ0v) is 18.3. The zero-order valence-electron chi connectivity index (χ0n) is 17.5. The standard InChI is InChI=1S/C24H22N4O3S/c1-16(29)25-23-19-10-6-5-9-18(19)11-12-20(23)24-21-13-28(14-22(21)26-27-24)32(30,31)15-17-7-3-2-4-8-17/h2-12H,13-15H2,1H3,(H,25,29)(H,26,27). The lowest BCUT2D eigenvalue weighted by Gasteiger charge is -2.17. The number of nitrogens with zero attached hydrogens (tertiary/aromatic N) is 2. The maximum atomic E-state index is 13.0. The van der Waals surface area contributed by atoms with Crippen molar-refractivity contribution >= 4 is 32.4 Å². The van der Waals surface area contributed by atoms with Crippen LogP contribution in [0.5, 0.6) is 0 Å². The zero-order chi connectivity index (χ0) is 22.3. The molecular weight excluding hydrogens is 424 g/mol. The Hall–Kier alpha value is -3.49. The summed E-state index contributed by atoms with van der Waals surface area (Å²) in [5.41, 5.74) is 4.46. The molecule has 1 aliphatic rings.